The second-order valence-corrected chi connectivity index (χ2v) is 7.15. The predicted molar refractivity (Wildman–Crippen MR) is 76.8 cm³/mol. The number of hydrogen-bond acceptors (Lipinski definition) is 2. The molecule has 1 N–H and O–H groups in total. The number of hydrogen-bond donors (Lipinski definition) is 1. The SMILES string of the molecule is CC(C)C1CCN(C(=O)C2NCC3CCCC32)CC1. The second-order valence-electron chi connectivity index (χ2n) is 7.15. The Morgan fingerprint density at radius 1 is 1.16 bits per heavy atom. The summed E-state index contributed by atoms with van der Waals surface area (Å²) in [6.07, 6.45) is 6.32. The molecule has 0 bridgehead atoms. The van der Waals surface area contributed by atoms with E-state index < -0.39 is 0 Å². The summed E-state index contributed by atoms with van der Waals surface area (Å²) in [5.41, 5.74) is 0. The molecule has 2 aliphatic heterocycles. The highest BCUT2D eigenvalue weighted by Gasteiger charge is 2.44. The zero-order valence-electron chi connectivity index (χ0n) is 12.4. The third-order valence-corrected chi connectivity index (χ3v) is 5.81. The molecular weight excluding hydrogens is 236 g/mol. The van der Waals surface area contributed by atoms with Gasteiger partial charge in [-0.15, -0.1) is 0 Å². The van der Waals surface area contributed by atoms with Crippen molar-refractivity contribution in [2.75, 3.05) is 19.6 Å². The van der Waals surface area contributed by atoms with Crippen LogP contribution in [0.3, 0.4) is 0 Å². The number of rotatable bonds is 2. The molecule has 3 heteroatoms. The van der Waals surface area contributed by atoms with Crippen LogP contribution in [-0.2, 0) is 4.79 Å². The first-order valence-electron chi connectivity index (χ1n) is 8.19. The zero-order valence-corrected chi connectivity index (χ0v) is 12.4. The van der Waals surface area contributed by atoms with E-state index in [9.17, 15) is 4.79 Å². The minimum atomic E-state index is 0.142. The van der Waals surface area contributed by atoms with Crippen molar-refractivity contribution in [1.29, 1.82) is 0 Å². The molecular formula is C16H28N2O. The van der Waals surface area contributed by atoms with Crippen molar-refractivity contribution in [1.82, 2.24) is 10.2 Å². The van der Waals surface area contributed by atoms with Crippen LogP contribution in [0.25, 0.3) is 0 Å². The van der Waals surface area contributed by atoms with Gasteiger partial charge in [0.25, 0.3) is 0 Å². The molecule has 2 heterocycles. The van der Waals surface area contributed by atoms with Gasteiger partial charge >= 0.3 is 0 Å². The summed E-state index contributed by atoms with van der Waals surface area (Å²) >= 11 is 0. The summed E-state index contributed by atoms with van der Waals surface area (Å²) in [6.45, 7) is 7.66. The van der Waals surface area contributed by atoms with Gasteiger partial charge in [-0.1, -0.05) is 20.3 Å². The van der Waals surface area contributed by atoms with E-state index in [1.165, 1.54) is 32.1 Å². The third kappa shape index (κ3) is 2.54. The van der Waals surface area contributed by atoms with Crippen LogP contribution < -0.4 is 5.32 Å². The van der Waals surface area contributed by atoms with Crippen LogP contribution in [-0.4, -0.2) is 36.5 Å². The van der Waals surface area contributed by atoms with Crippen LogP contribution >= 0.6 is 0 Å². The lowest BCUT2D eigenvalue weighted by atomic mass is 9.86. The molecule has 3 fully saturated rings. The van der Waals surface area contributed by atoms with Crippen molar-refractivity contribution < 1.29 is 4.79 Å². The van der Waals surface area contributed by atoms with Crippen LogP contribution in [0.4, 0.5) is 0 Å². The van der Waals surface area contributed by atoms with Gasteiger partial charge < -0.3 is 10.2 Å². The summed E-state index contributed by atoms with van der Waals surface area (Å²) in [6, 6.07) is 0.142. The minimum absolute atomic E-state index is 0.142. The number of likely N-dealkylation sites (tertiary alicyclic amines) is 1. The molecule has 3 rings (SSSR count). The predicted octanol–water partition coefficient (Wildman–Crippen LogP) is 2.27. The van der Waals surface area contributed by atoms with Gasteiger partial charge in [-0.2, -0.15) is 0 Å². The average molecular weight is 264 g/mol. The second kappa shape index (κ2) is 5.43. The van der Waals surface area contributed by atoms with Gasteiger partial charge in [0, 0.05) is 13.1 Å². The van der Waals surface area contributed by atoms with Crippen LogP contribution in [0.1, 0.15) is 46.0 Å². The zero-order chi connectivity index (χ0) is 13.4. The molecule has 0 aromatic carbocycles. The molecule has 0 aromatic rings. The van der Waals surface area contributed by atoms with E-state index in [4.69, 9.17) is 0 Å². The Morgan fingerprint density at radius 3 is 2.58 bits per heavy atom. The summed E-state index contributed by atoms with van der Waals surface area (Å²) in [5, 5.41) is 3.50. The van der Waals surface area contributed by atoms with E-state index in [2.05, 4.69) is 24.1 Å². The fourth-order valence-corrected chi connectivity index (χ4v) is 4.44. The number of carbonyl (C=O) groups is 1. The van der Waals surface area contributed by atoms with Gasteiger partial charge in [0.1, 0.15) is 0 Å². The molecule has 0 radical (unpaired) electrons. The van der Waals surface area contributed by atoms with Gasteiger partial charge in [0.05, 0.1) is 6.04 Å². The van der Waals surface area contributed by atoms with Crippen molar-refractivity contribution in [2.45, 2.75) is 52.0 Å². The Kier molecular flexibility index (Phi) is 3.84. The fraction of sp³-hybridized carbons (Fsp3) is 0.938. The summed E-state index contributed by atoms with van der Waals surface area (Å²) in [5.74, 6) is 3.40. The van der Waals surface area contributed by atoms with Gasteiger partial charge in [-0.3, -0.25) is 4.79 Å². The minimum Gasteiger partial charge on any atom is -0.341 e. The highest BCUT2D eigenvalue weighted by atomic mass is 16.2. The molecule has 3 nitrogen and oxygen atoms in total. The lowest BCUT2D eigenvalue weighted by Gasteiger charge is -2.36. The third-order valence-electron chi connectivity index (χ3n) is 5.81. The molecule has 108 valence electrons. The topological polar surface area (TPSA) is 32.3 Å². The number of nitrogens with one attached hydrogen (secondary N) is 1. The van der Waals surface area contributed by atoms with Crippen LogP contribution in [0.2, 0.25) is 0 Å². The quantitative estimate of drug-likeness (QED) is 0.830. The van der Waals surface area contributed by atoms with Crippen molar-refractivity contribution in [2.24, 2.45) is 23.7 Å². The number of piperidine rings is 1. The van der Waals surface area contributed by atoms with Crippen molar-refractivity contribution in [3.63, 3.8) is 0 Å². The van der Waals surface area contributed by atoms with Crippen LogP contribution in [0, 0.1) is 23.7 Å². The maximum absolute atomic E-state index is 12.7. The Hall–Kier alpha value is -0.570. The van der Waals surface area contributed by atoms with Crippen LogP contribution in [0.15, 0.2) is 0 Å². The normalized spacial score (nSPS) is 35.9. The van der Waals surface area contributed by atoms with E-state index >= 15 is 0 Å². The molecule has 0 aromatic heterocycles. The van der Waals surface area contributed by atoms with E-state index in [1.807, 2.05) is 0 Å². The number of amides is 1. The smallest absolute Gasteiger partial charge is 0.240 e. The summed E-state index contributed by atoms with van der Waals surface area (Å²) < 4.78 is 0. The van der Waals surface area contributed by atoms with Gasteiger partial charge in [-0.05, 0) is 55.9 Å². The van der Waals surface area contributed by atoms with E-state index in [1.54, 1.807) is 0 Å². The highest BCUT2D eigenvalue weighted by molar-refractivity contribution is 5.82. The Morgan fingerprint density at radius 2 is 1.89 bits per heavy atom. The first-order valence-corrected chi connectivity index (χ1v) is 8.19. The van der Waals surface area contributed by atoms with E-state index in [0.717, 1.165) is 37.4 Å². The lowest BCUT2D eigenvalue weighted by Crippen LogP contribution is -2.49. The van der Waals surface area contributed by atoms with Crippen molar-refractivity contribution in [3.05, 3.63) is 0 Å². The maximum atomic E-state index is 12.7. The standard InChI is InChI=1S/C16H28N2O/c1-11(2)12-6-8-18(9-7-12)16(19)15-14-5-3-4-13(14)10-17-15/h11-15,17H,3-10H2,1-2H3. The van der Waals surface area contributed by atoms with Crippen molar-refractivity contribution in [3.8, 4) is 0 Å². The van der Waals surface area contributed by atoms with E-state index in [0.29, 0.717) is 11.8 Å². The van der Waals surface area contributed by atoms with Gasteiger partial charge in [0.15, 0.2) is 0 Å². The molecule has 0 spiro atoms. The molecule has 1 aliphatic carbocycles. The van der Waals surface area contributed by atoms with Crippen LogP contribution in [0.5, 0.6) is 0 Å². The number of carbonyl (C=O) groups excluding carboxylic acids is 1. The maximum Gasteiger partial charge on any atom is 0.240 e. The largest absolute Gasteiger partial charge is 0.341 e. The molecule has 3 atom stereocenters. The molecule has 1 saturated carbocycles. The Bertz CT molecular complexity index is 334. The average Bonchev–Trinajstić information content (AvgIpc) is 3.00. The van der Waals surface area contributed by atoms with Gasteiger partial charge in [-0.25, -0.2) is 0 Å². The molecule has 2 saturated heterocycles. The van der Waals surface area contributed by atoms with E-state index in [-0.39, 0.29) is 6.04 Å². The van der Waals surface area contributed by atoms with Crippen molar-refractivity contribution >= 4 is 5.91 Å². The van der Waals surface area contributed by atoms with Gasteiger partial charge in [0.2, 0.25) is 5.91 Å². The monoisotopic (exact) mass is 264 g/mol. The summed E-state index contributed by atoms with van der Waals surface area (Å²) in [7, 11) is 0. The lowest BCUT2D eigenvalue weighted by molar-refractivity contribution is -0.135. The fourth-order valence-electron chi connectivity index (χ4n) is 4.44. The first kappa shape index (κ1) is 13.4. The molecule has 3 unspecified atom stereocenters. The molecule has 1 amide bonds. The summed E-state index contributed by atoms with van der Waals surface area (Å²) in [4.78, 5) is 14.8. The Labute approximate surface area is 117 Å². The Balaban J connectivity index is 1.57. The molecule has 3 aliphatic rings. The molecule has 19 heavy (non-hydrogen) atoms. The highest BCUT2D eigenvalue weighted by Crippen LogP contribution is 2.38. The number of fused-ring (bicyclic) bond motifs is 1. The number of nitrogens with zero attached hydrogens (tertiary/aromatic N) is 1. The first-order chi connectivity index (χ1) is 9.16.